The maximum absolute atomic E-state index is 12.3. The molecule has 1 N–H and O–H groups in total. The van der Waals surface area contributed by atoms with E-state index in [1.165, 1.54) is 0 Å². The minimum absolute atomic E-state index is 0.00459. The Hall–Kier alpha value is -1.39. The third kappa shape index (κ3) is 4.29. The first-order valence-corrected chi connectivity index (χ1v) is 7.81. The second-order valence-corrected chi connectivity index (χ2v) is 6.43. The number of para-hydroxylation sites is 1. The van der Waals surface area contributed by atoms with Crippen LogP contribution in [-0.4, -0.2) is 22.2 Å². The minimum Gasteiger partial charge on any atom is -0.298 e. The Kier molecular flexibility index (Phi) is 5.37. The van der Waals surface area contributed by atoms with E-state index in [-0.39, 0.29) is 23.1 Å². The van der Waals surface area contributed by atoms with Crippen molar-refractivity contribution in [2.75, 3.05) is 0 Å². The van der Waals surface area contributed by atoms with Crippen molar-refractivity contribution in [3.05, 3.63) is 42.1 Å². The van der Waals surface area contributed by atoms with Crippen LogP contribution in [0, 0.1) is 5.92 Å². The summed E-state index contributed by atoms with van der Waals surface area (Å²) in [5, 5.41) is 4.32. The van der Waals surface area contributed by atoms with Crippen LogP contribution in [-0.2, 0) is 11.2 Å². The van der Waals surface area contributed by atoms with Gasteiger partial charge in [0.05, 0.1) is 11.6 Å². The maximum Gasteiger partial charge on any atom is 0.152 e. The van der Waals surface area contributed by atoms with E-state index in [1.54, 1.807) is 0 Å². The van der Waals surface area contributed by atoms with E-state index in [9.17, 15) is 4.79 Å². The molecule has 1 unspecified atom stereocenters. The number of nitrogens with zero attached hydrogens (tertiary/aromatic N) is 1. The Labute approximate surface area is 131 Å². The van der Waals surface area contributed by atoms with Crippen LogP contribution in [0.1, 0.15) is 26.5 Å². The smallest absolute Gasteiger partial charge is 0.152 e. The summed E-state index contributed by atoms with van der Waals surface area (Å²) in [5.74, 6) is 0.195. The van der Waals surface area contributed by atoms with Crippen molar-refractivity contribution in [3.63, 3.8) is 0 Å². The highest BCUT2D eigenvalue weighted by molar-refractivity contribution is 7.80. The van der Waals surface area contributed by atoms with Gasteiger partial charge in [-0.3, -0.25) is 15.1 Å². The van der Waals surface area contributed by atoms with Crippen molar-refractivity contribution >= 4 is 29.3 Å². The Bertz CT molecular complexity index is 625. The number of rotatable bonds is 6. The molecule has 3 nitrogen and oxygen atoms in total. The normalized spacial score (nSPS) is 14.3. The first-order valence-electron chi connectivity index (χ1n) is 7.30. The zero-order chi connectivity index (χ0) is 15.4. The van der Waals surface area contributed by atoms with Gasteiger partial charge in [-0.05, 0) is 19.1 Å². The molecule has 0 saturated carbocycles. The molecule has 0 radical (unpaired) electrons. The monoisotopic (exact) mass is 302 g/mol. The molecule has 0 saturated heterocycles. The third-order valence-electron chi connectivity index (χ3n) is 3.42. The summed E-state index contributed by atoms with van der Waals surface area (Å²) >= 11 is 4.34. The number of benzene rings is 1. The van der Waals surface area contributed by atoms with Gasteiger partial charge in [-0.1, -0.05) is 38.1 Å². The molecular weight excluding hydrogens is 280 g/mol. The van der Waals surface area contributed by atoms with Gasteiger partial charge in [-0.15, -0.1) is 0 Å². The molecule has 0 bridgehead atoms. The zero-order valence-electron chi connectivity index (χ0n) is 12.7. The molecule has 1 heterocycles. The quantitative estimate of drug-likeness (QED) is 0.636. The Balaban J connectivity index is 2.23. The summed E-state index contributed by atoms with van der Waals surface area (Å²) in [6.45, 7) is 5.78. The Morgan fingerprint density at radius 2 is 1.90 bits per heavy atom. The molecule has 2 rings (SSSR count). The van der Waals surface area contributed by atoms with E-state index in [1.807, 2.05) is 51.1 Å². The van der Waals surface area contributed by atoms with Crippen LogP contribution >= 0.6 is 12.6 Å². The predicted molar refractivity (Wildman–Crippen MR) is 90.7 cm³/mol. The number of Topliss-reactive ketones (excluding diaryl/α,β-unsaturated/α-hetero) is 1. The lowest BCUT2D eigenvalue weighted by Gasteiger charge is -2.21. The summed E-state index contributed by atoms with van der Waals surface area (Å²) < 4.78 is 0. The Morgan fingerprint density at radius 1 is 1.19 bits per heavy atom. The molecule has 2 aromatic rings. The van der Waals surface area contributed by atoms with Crippen molar-refractivity contribution in [2.45, 2.75) is 38.6 Å². The van der Waals surface area contributed by atoms with Crippen LogP contribution in [0.2, 0.25) is 0 Å². The average Bonchev–Trinajstić information content (AvgIpc) is 2.45. The lowest BCUT2D eigenvalue weighted by atomic mass is 9.97. The number of pyridine rings is 1. The number of nitrogens with one attached hydrogen (secondary N) is 1. The highest BCUT2D eigenvalue weighted by atomic mass is 32.1. The van der Waals surface area contributed by atoms with Crippen molar-refractivity contribution < 1.29 is 4.79 Å². The molecule has 0 aliphatic carbocycles. The predicted octanol–water partition coefficient (Wildman–Crippen LogP) is 3.24. The topological polar surface area (TPSA) is 42.0 Å². The first kappa shape index (κ1) is 16.0. The minimum atomic E-state index is -0.244. The molecule has 21 heavy (non-hydrogen) atoms. The van der Waals surface area contributed by atoms with E-state index in [0.29, 0.717) is 6.42 Å². The number of hydrogen-bond acceptors (Lipinski definition) is 4. The van der Waals surface area contributed by atoms with Gasteiger partial charge in [0.2, 0.25) is 0 Å². The fraction of sp³-hybridized carbons (Fsp3) is 0.412. The number of ketones is 1. The largest absolute Gasteiger partial charge is 0.298 e. The van der Waals surface area contributed by atoms with E-state index in [4.69, 9.17) is 0 Å². The summed E-state index contributed by atoms with van der Waals surface area (Å²) in [6, 6.07) is 11.8. The van der Waals surface area contributed by atoms with Crippen LogP contribution in [0.15, 0.2) is 36.4 Å². The number of thiol groups is 1. The van der Waals surface area contributed by atoms with Gasteiger partial charge in [0.25, 0.3) is 0 Å². The second-order valence-electron chi connectivity index (χ2n) is 5.65. The molecule has 0 amide bonds. The maximum atomic E-state index is 12.3. The Morgan fingerprint density at radius 3 is 2.57 bits per heavy atom. The molecule has 0 spiro atoms. The van der Waals surface area contributed by atoms with E-state index in [2.05, 4.69) is 29.0 Å². The molecular formula is C17H22N2OS. The fourth-order valence-electron chi connectivity index (χ4n) is 2.37. The first-order chi connectivity index (χ1) is 9.97. The molecule has 112 valence electrons. The highest BCUT2D eigenvalue weighted by Gasteiger charge is 2.22. The van der Waals surface area contributed by atoms with Crippen molar-refractivity contribution in [1.29, 1.82) is 0 Å². The summed E-state index contributed by atoms with van der Waals surface area (Å²) in [6.07, 6.45) is 0.590. The molecule has 0 aliphatic rings. The van der Waals surface area contributed by atoms with Crippen molar-refractivity contribution in [2.24, 2.45) is 5.92 Å². The van der Waals surface area contributed by atoms with Crippen LogP contribution in [0.4, 0.5) is 0 Å². The van der Waals surface area contributed by atoms with E-state index < -0.39 is 0 Å². The fourth-order valence-corrected chi connectivity index (χ4v) is 2.55. The van der Waals surface area contributed by atoms with E-state index in [0.717, 1.165) is 16.6 Å². The number of hydrogen-bond donors (Lipinski definition) is 2. The van der Waals surface area contributed by atoms with Gasteiger partial charge in [0.15, 0.2) is 5.78 Å². The molecule has 1 aromatic heterocycles. The standard InChI is InChI=1S/C17H22N2OS/c1-11(2)17(20)16(18-12(3)21)10-14-9-8-13-6-4-5-7-15(13)19-14/h4-9,11-12,16,18,21H,10H2,1-3H3/t12?,16-/m0/s1. The number of fused-ring (bicyclic) bond motifs is 1. The summed E-state index contributed by atoms with van der Waals surface area (Å²) in [5.41, 5.74) is 1.89. The van der Waals surface area contributed by atoms with Gasteiger partial charge >= 0.3 is 0 Å². The van der Waals surface area contributed by atoms with Gasteiger partial charge in [0.1, 0.15) is 0 Å². The number of carbonyl (C=O) groups excluding carboxylic acids is 1. The summed E-state index contributed by atoms with van der Waals surface area (Å²) in [4.78, 5) is 17.0. The second kappa shape index (κ2) is 7.05. The molecule has 0 aliphatic heterocycles. The van der Waals surface area contributed by atoms with Gasteiger partial charge < -0.3 is 0 Å². The molecule has 4 heteroatoms. The van der Waals surface area contributed by atoms with E-state index >= 15 is 0 Å². The van der Waals surface area contributed by atoms with Crippen LogP contribution in [0.5, 0.6) is 0 Å². The van der Waals surface area contributed by atoms with Crippen LogP contribution in [0.3, 0.4) is 0 Å². The lowest BCUT2D eigenvalue weighted by molar-refractivity contribution is -0.124. The molecule has 1 aromatic carbocycles. The average molecular weight is 302 g/mol. The third-order valence-corrected chi connectivity index (χ3v) is 3.57. The van der Waals surface area contributed by atoms with Gasteiger partial charge in [-0.25, -0.2) is 0 Å². The van der Waals surface area contributed by atoms with Crippen molar-refractivity contribution in [3.8, 4) is 0 Å². The van der Waals surface area contributed by atoms with Gasteiger partial charge in [-0.2, -0.15) is 12.6 Å². The summed E-state index contributed by atoms with van der Waals surface area (Å²) in [7, 11) is 0. The number of carbonyl (C=O) groups is 1. The van der Waals surface area contributed by atoms with Crippen LogP contribution in [0.25, 0.3) is 10.9 Å². The zero-order valence-corrected chi connectivity index (χ0v) is 13.6. The molecule has 2 atom stereocenters. The van der Waals surface area contributed by atoms with Crippen molar-refractivity contribution in [1.82, 2.24) is 10.3 Å². The SMILES string of the molecule is CC(S)N[C@@H](Cc1ccc2ccccc2n1)C(=O)C(C)C. The van der Waals surface area contributed by atoms with Crippen LogP contribution < -0.4 is 5.32 Å². The van der Waals surface area contributed by atoms with Gasteiger partial charge in [0, 0.05) is 28.8 Å². The lowest BCUT2D eigenvalue weighted by Crippen LogP contribution is -2.43. The number of aromatic nitrogens is 1. The highest BCUT2D eigenvalue weighted by Crippen LogP contribution is 2.14. The molecule has 0 fully saturated rings.